The van der Waals surface area contributed by atoms with Crippen molar-refractivity contribution < 1.29 is 4.92 Å². The average Bonchev–Trinajstić information content (AvgIpc) is 2.15. The lowest BCUT2D eigenvalue weighted by molar-refractivity contribution is -0.414. The van der Waals surface area contributed by atoms with E-state index in [4.69, 9.17) is 23.2 Å². The zero-order valence-corrected chi connectivity index (χ0v) is 10.3. The van der Waals surface area contributed by atoms with Gasteiger partial charge in [-0.25, -0.2) is 4.99 Å². The maximum absolute atomic E-state index is 10.5. The Balaban J connectivity index is 4.46. The van der Waals surface area contributed by atoms with Gasteiger partial charge in [-0.15, -0.1) is 0 Å². The van der Waals surface area contributed by atoms with Crippen molar-refractivity contribution in [1.82, 2.24) is 0 Å². The first-order valence-electron chi connectivity index (χ1n) is 4.71. The summed E-state index contributed by atoms with van der Waals surface area (Å²) in [5.41, 5.74) is -0.703. The molecule has 0 aliphatic rings. The zero-order valence-electron chi connectivity index (χ0n) is 8.74. The third-order valence-electron chi connectivity index (χ3n) is 1.73. The van der Waals surface area contributed by atoms with Crippen LogP contribution >= 0.6 is 23.2 Å². The van der Waals surface area contributed by atoms with E-state index in [2.05, 4.69) is 4.99 Å². The van der Waals surface area contributed by atoms with Gasteiger partial charge in [-0.3, -0.25) is 10.1 Å². The summed E-state index contributed by atoms with van der Waals surface area (Å²) in [6, 6.07) is 0. The fourth-order valence-corrected chi connectivity index (χ4v) is 1.52. The fraction of sp³-hybridized carbons (Fsp3) is 0.667. The minimum atomic E-state index is -0.574. The monoisotopic (exact) mass is 252 g/mol. The lowest BCUT2D eigenvalue weighted by Gasteiger charge is -2.03. The maximum Gasteiger partial charge on any atom is 0.301 e. The van der Waals surface area contributed by atoms with E-state index >= 15 is 0 Å². The lowest BCUT2D eigenvalue weighted by Crippen LogP contribution is -2.08. The van der Waals surface area contributed by atoms with Gasteiger partial charge >= 0.3 is 5.70 Å². The van der Waals surface area contributed by atoms with Crippen LogP contribution in [0.4, 0.5) is 0 Å². The van der Waals surface area contributed by atoms with Crippen LogP contribution in [-0.4, -0.2) is 15.6 Å². The number of aliphatic imine (C=N–C) groups is 1. The van der Waals surface area contributed by atoms with Crippen molar-refractivity contribution in [3.63, 3.8) is 0 Å². The molecule has 6 heteroatoms. The molecule has 0 N–H and O–H groups in total. The second-order valence-corrected chi connectivity index (χ2v) is 3.79. The highest BCUT2D eigenvalue weighted by atomic mass is 35.5. The van der Waals surface area contributed by atoms with Crippen LogP contribution in [0.15, 0.2) is 16.8 Å². The van der Waals surface area contributed by atoms with Gasteiger partial charge < -0.3 is 0 Å². The van der Waals surface area contributed by atoms with E-state index in [-0.39, 0.29) is 10.9 Å². The molecule has 4 nitrogen and oxygen atoms in total. The summed E-state index contributed by atoms with van der Waals surface area (Å²) in [4.78, 5) is 13.8. The van der Waals surface area contributed by atoms with Gasteiger partial charge in [0.2, 0.25) is 5.17 Å². The molecule has 0 aromatic heterocycles. The predicted molar refractivity (Wildman–Crippen MR) is 63.2 cm³/mol. The summed E-state index contributed by atoms with van der Waals surface area (Å²) in [5.74, 6) is 0. The number of nitro groups is 1. The summed E-state index contributed by atoms with van der Waals surface area (Å²) < 4.78 is 0. The molecule has 0 spiro atoms. The normalized spacial score (nSPS) is 15.2. The van der Waals surface area contributed by atoms with Crippen LogP contribution < -0.4 is 0 Å². The predicted octanol–water partition coefficient (Wildman–Crippen LogP) is 3.56. The van der Waals surface area contributed by atoms with Crippen molar-refractivity contribution in [1.29, 1.82) is 0 Å². The van der Waals surface area contributed by atoms with E-state index in [1.165, 1.54) is 13.0 Å². The van der Waals surface area contributed by atoms with Gasteiger partial charge in [-0.05, 0) is 19.4 Å². The number of allylic oxidation sites excluding steroid dienone is 2. The molecule has 0 saturated carbocycles. The molecular formula is C9H14Cl2N2O2. The molecule has 1 unspecified atom stereocenters. The van der Waals surface area contributed by atoms with Gasteiger partial charge in [-0.1, -0.05) is 43.0 Å². The van der Waals surface area contributed by atoms with Crippen molar-refractivity contribution in [2.45, 2.75) is 38.6 Å². The Morgan fingerprint density at radius 2 is 2.27 bits per heavy atom. The molecule has 0 bridgehead atoms. The Bertz CT molecular complexity index is 277. The third kappa shape index (κ3) is 5.74. The topological polar surface area (TPSA) is 55.5 Å². The van der Waals surface area contributed by atoms with Crippen LogP contribution in [0.2, 0.25) is 0 Å². The second kappa shape index (κ2) is 7.65. The standard InChI is InChI=1S/C9H14Cl2N2O2/c1-3-5-6-8(10)12-9(11)7(4-2)13(14)15/h4,8H,3,5-6H2,1-2H3/b7-4+,12-9+. The SMILES string of the molecule is C/C=C(\C(Cl)=N/C(Cl)CCCC)[N+](=O)[O-]. The van der Waals surface area contributed by atoms with Crippen molar-refractivity contribution in [3.05, 3.63) is 21.9 Å². The summed E-state index contributed by atoms with van der Waals surface area (Å²) >= 11 is 11.5. The van der Waals surface area contributed by atoms with Crippen LogP contribution in [0, 0.1) is 10.1 Å². The average molecular weight is 253 g/mol. The largest absolute Gasteiger partial charge is 0.301 e. The summed E-state index contributed by atoms with van der Waals surface area (Å²) in [5, 5.41) is 10.4. The molecule has 1 atom stereocenters. The molecule has 15 heavy (non-hydrogen) atoms. The van der Waals surface area contributed by atoms with E-state index in [1.807, 2.05) is 6.92 Å². The van der Waals surface area contributed by atoms with E-state index in [1.54, 1.807) is 0 Å². The summed E-state index contributed by atoms with van der Waals surface area (Å²) in [6.07, 6.45) is 3.89. The number of rotatable bonds is 6. The first-order chi connectivity index (χ1) is 7.02. The van der Waals surface area contributed by atoms with Crippen LogP contribution in [0.1, 0.15) is 33.1 Å². The second-order valence-electron chi connectivity index (χ2n) is 2.93. The highest BCUT2D eigenvalue weighted by Gasteiger charge is 2.16. The van der Waals surface area contributed by atoms with Gasteiger partial charge in [0.15, 0.2) is 0 Å². The van der Waals surface area contributed by atoms with Crippen molar-refractivity contribution in [2.75, 3.05) is 0 Å². The van der Waals surface area contributed by atoms with E-state index < -0.39 is 10.4 Å². The van der Waals surface area contributed by atoms with Crippen LogP contribution in [-0.2, 0) is 0 Å². The maximum atomic E-state index is 10.5. The highest BCUT2D eigenvalue weighted by molar-refractivity contribution is 6.69. The van der Waals surface area contributed by atoms with Crippen LogP contribution in [0.3, 0.4) is 0 Å². The first-order valence-corrected chi connectivity index (χ1v) is 5.52. The van der Waals surface area contributed by atoms with Crippen molar-refractivity contribution in [3.8, 4) is 0 Å². The molecule has 0 aliphatic heterocycles. The fourth-order valence-electron chi connectivity index (χ4n) is 0.926. The Kier molecular flexibility index (Phi) is 7.34. The van der Waals surface area contributed by atoms with E-state index in [0.717, 1.165) is 12.8 Å². The number of unbranched alkanes of at least 4 members (excludes halogenated alkanes) is 1. The van der Waals surface area contributed by atoms with Crippen LogP contribution in [0.25, 0.3) is 0 Å². The van der Waals surface area contributed by atoms with E-state index in [0.29, 0.717) is 6.42 Å². The molecule has 0 amide bonds. The zero-order chi connectivity index (χ0) is 11.8. The minimum absolute atomic E-state index is 0.140. The van der Waals surface area contributed by atoms with Gasteiger partial charge in [0.25, 0.3) is 0 Å². The molecule has 86 valence electrons. The summed E-state index contributed by atoms with van der Waals surface area (Å²) in [7, 11) is 0. The minimum Gasteiger partial charge on any atom is -0.258 e. The Morgan fingerprint density at radius 3 is 2.67 bits per heavy atom. The van der Waals surface area contributed by atoms with Gasteiger partial charge in [-0.2, -0.15) is 0 Å². The number of alkyl halides is 1. The number of nitrogens with zero attached hydrogens (tertiary/aromatic N) is 2. The van der Waals surface area contributed by atoms with Crippen molar-refractivity contribution >= 4 is 28.4 Å². The third-order valence-corrected chi connectivity index (χ3v) is 2.34. The Morgan fingerprint density at radius 1 is 1.67 bits per heavy atom. The Hall–Kier alpha value is -0.610. The highest BCUT2D eigenvalue weighted by Crippen LogP contribution is 2.13. The molecule has 0 fully saturated rings. The van der Waals surface area contributed by atoms with Gasteiger partial charge in [0.1, 0.15) is 5.50 Å². The molecule has 0 aliphatic carbocycles. The molecule has 0 heterocycles. The van der Waals surface area contributed by atoms with E-state index in [9.17, 15) is 10.1 Å². The van der Waals surface area contributed by atoms with Crippen LogP contribution in [0.5, 0.6) is 0 Å². The number of hydrogen-bond donors (Lipinski definition) is 0. The number of halogens is 2. The molecule has 0 radical (unpaired) electrons. The summed E-state index contributed by atoms with van der Waals surface area (Å²) in [6.45, 7) is 3.56. The molecule has 0 aromatic carbocycles. The van der Waals surface area contributed by atoms with Gasteiger partial charge in [0, 0.05) is 0 Å². The van der Waals surface area contributed by atoms with Gasteiger partial charge in [0.05, 0.1) is 4.92 Å². The quantitative estimate of drug-likeness (QED) is 0.239. The number of hydrogen-bond acceptors (Lipinski definition) is 3. The first kappa shape index (κ1) is 14.4. The molecule has 0 aromatic rings. The van der Waals surface area contributed by atoms with Crippen molar-refractivity contribution in [2.24, 2.45) is 4.99 Å². The molecule has 0 saturated heterocycles. The molecule has 0 rings (SSSR count). The Labute approximate surface area is 99.1 Å². The lowest BCUT2D eigenvalue weighted by atomic mass is 10.2. The smallest absolute Gasteiger partial charge is 0.258 e. The molecular weight excluding hydrogens is 239 g/mol.